The van der Waals surface area contributed by atoms with E-state index in [9.17, 15) is 0 Å². The van der Waals surface area contributed by atoms with Crippen molar-refractivity contribution < 1.29 is 9.47 Å². The topological polar surface area (TPSA) is 48.3 Å². The predicted molar refractivity (Wildman–Crippen MR) is 84.1 cm³/mol. The van der Waals surface area contributed by atoms with E-state index in [4.69, 9.17) is 9.47 Å². The lowest BCUT2D eigenvalue weighted by molar-refractivity contribution is 0.310. The fraction of sp³-hybridized carbons (Fsp3) is 0.438. The summed E-state index contributed by atoms with van der Waals surface area (Å²) in [6.45, 7) is 7.51. The van der Waals surface area contributed by atoms with Gasteiger partial charge in [0.25, 0.3) is 0 Å². The van der Waals surface area contributed by atoms with E-state index >= 15 is 0 Å². The van der Waals surface area contributed by atoms with Crippen molar-refractivity contribution in [3.63, 3.8) is 0 Å². The van der Waals surface area contributed by atoms with Crippen molar-refractivity contribution in [3.05, 3.63) is 36.2 Å². The maximum Gasteiger partial charge on any atom is 0.161 e. The Balaban J connectivity index is 2.02. The first-order chi connectivity index (χ1) is 10.1. The molecule has 0 bridgehead atoms. The first-order valence-electron chi connectivity index (χ1n) is 7.21. The van der Waals surface area contributed by atoms with Crippen molar-refractivity contribution in [2.75, 3.05) is 19.0 Å². The molecule has 2 rings (SSSR count). The molecule has 21 heavy (non-hydrogen) atoms. The van der Waals surface area contributed by atoms with Gasteiger partial charge in [0.05, 0.1) is 25.6 Å². The molecule has 114 valence electrons. The number of hydrogen-bond donors (Lipinski definition) is 1. The van der Waals surface area contributed by atoms with Gasteiger partial charge in [-0.25, -0.2) is 0 Å². The van der Waals surface area contributed by atoms with Crippen molar-refractivity contribution in [2.45, 2.75) is 33.4 Å². The average molecular weight is 289 g/mol. The number of methoxy groups -OCH3 is 1. The van der Waals surface area contributed by atoms with Crippen LogP contribution in [0.4, 0.5) is 5.69 Å². The van der Waals surface area contributed by atoms with Gasteiger partial charge in [0.15, 0.2) is 11.5 Å². The number of hydrogen-bond acceptors (Lipinski definition) is 4. The maximum absolute atomic E-state index is 5.52. The quantitative estimate of drug-likeness (QED) is 0.847. The summed E-state index contributed by atoms with van der Waals surface area (Å²) in [6.07, 6.45) is 3.85. The Morgan fingerprint density at radius 3 is 2.71 bits per heavy atom. The Morgan fingerprint density at radius 1 is 1.29 bits per heavy atom. The van der Waals surface area contributed by atoms with E-state index in [1.807, 2.05) is 42.2 Å². The number of nitrogens with one attached hydrogen (secondary N) is 1. The molecule has 0 aliphatic carbocycles. The first kappa shape index (κ1) is 15.2. The van der Waals surface area contributed by atoms with E-state index < -0.39 is 0 Å². The summed E-state index contributed by atoms with van der Waals surface area (Å²) in [5, 5.41) is 7.67. The summed E-state index contributed by atoms with van der Waals surface area (Å²) in [5.74, 6) is 1.53. The molecule has 5 heteroatoms. The van der Waals surface area contributed by atoms with Crippen molar-refractivity contribution in [2.24, 2.45) is 0 Å². The van der Waals surface area contributed by atoms with Crippen LogP contribution >= 0.6 is 0 Å². The monoisotopic (exact) mass is 289 g/mol. The molecule has 0 aliphatic rings. The van der Waals surface area contributed by atoms with Crippen LogP contribution in [-0.4, -0.2) is 23.5 Å². The predicted octanol–water partition coefficient (Wildman–Crippen LogP) is 3.48. The fourth-order valence-electron chi connectivity index (χ4n) is 2.01. The van der Waals surface area contributed by atoms with Crippen LogP contribution in [-0.2, 0) is 6.54 Å². The minimum Gasteiger partial charge on any atom is -0.493 e. The van der Waals surface area contributed by atoms with Crippen LogP contribution in [0.2, 0.25) is 0 Å². The minimum atomic E-state index is 0.367. The summed E-state index contributed by atoms with van der Waals surface area (Å²) < 4.78 is 12.8. The maximum atomic E-state index is 5.52. The molecule has 0 aliphatic heterocycles. The highest BCUT2D eigenvalue weighted by Gasteiger charge is 2.06. The minimum absolute atomic E-state index is 0.367. The SMILES string of the molecule is CCOc1ccc(CNc2cnn(C(C)C)c2)cc1OC. The van der Waals surface area contributed by atoms with Crippen molar-refractivity contribution >= 4 is 5.69 Å². The van der Waals surface area contributed by atoms with Crippen LogP contribution in [0.1, 0.15) is 32.4 Å². The molecule has 5 nitrogen and oxygen atoms in total. The Hall–Kier alpha value is -2.17. The zero-order valence-electron chi connectivity index (χ0n) is 13.1. The normalized spacial score (nSPS) is 10.7. The second-order valence-electron chi connectivity index (χ2n) is 5.07. The van der Waals surface area contributed by atoms with Crippen LogP contribution in [0.15, 0.2) is 30.6 Å². The number of anilines is 1. The summed E-state index contributed by atoms with van der Waals surface area (Å²) >= 11 is 0. The van der Waals surface area contributed by atoms with Crippen LogP contribution in [0.25, 0.3) is 0 Å². The number of nitrogens with zero attached hydrogens (tertiary/aromatic N) is 2. The summed E-state index contributed by atoms with van der Waals surface area (Å²) in [6, 6.07) is 6.33. The zero-order chi connectivity index (χ0) is 15.2. The Morgan fingerprint density at radius 2 is 2.10 bits per heavy atom. The van der Waals surface area contributed by atoms with Gasteiger partial charge in [0.2, 0.25) is 0 Å². The van der Waals surface area contributed by atoms with Crippen molar-refractivity contribution in [1.82, 2.24) is 9.78 Å². The second-order valence-corrected chi connectivity index (χ2v) is 5.07. The van der Waals surface area contributed by atoms with Gasteiger partial charge in [-0.2, -0.15) is 5.10 Å². The Bertz CT molecular complexity index is 579. The largest absolute Gasteiger partial charge is 0.493 e. The van der Waals surface area contributed by atoms with Gasteiger partial charge in [-0.1, -0.05) is 6.07 Å². The molecule has 0 atom stereocenters. The molecular weight excluding hydrogens is 266 g/mol. The van der Waals surface area contributed by atoms with Gasteiger partial charge < -0.3 is 14.8 Å². The standard InChI is InChI=1S/C16H23N3O2/c1-5-21-15-7-6-13(8-16(15)20-4)9-17-14-10-18-19(11-14)12(2)3/h6-8,10-12,17H,5,9H2,1-4H3. The van der Waals surface area contributed by atoms with Gasteiger partial charge in [0.1, 0.15) is 0 Å². The van der Waals surface area contributed by atoms with Gasteiger partial charge in [0, 0.05) is 18.8 Å². The molecule has 1 aromatic carbocycles. The van der Waals surface area contributed by atoms with Crippen molar-refractivity contribution in [1.29, 1.82) is 0 Å². The van der Waals surface area contributed by atoms with Crippen LogP contribution in [0.5, 0.6) is 11.5 Å². The van der Waals surface area contributed by atoms with Crippen LogP contribution in [0, 0.1) is 0 Å². The zero-order valence-corrected chi connectivity index (χ0v) is 13.1. The molecule has 0 fully saturated rings. The molecule has 1 heterocycles. The lowest BCUT2D eigenvalue weighted by Crippen LogP contribution is -2.02. The molecule has 0 spiro atoms. The van der Waals surface area contributed by atoms with E-state index in [-0.39, 0.29) is 0 Å². The van der Waals surface area contributed by atoms with Crippen molar-refractivity contribution in [3.8, 4) is 11.5 Å². The molecule has 0 amide bonds. The van der Waals surface area contributed by atoms with Crippen LogP contribution < -0.4 is 14.8 Å². The van der Waals surface area contributed by atoms with E-state index in [1.165, 1.54) is 0 Å². The molecule has 0 saturated carbocycles. The number of aromatic nitrogens is 2. The molecule has 2 aromatic rings. The molecule has 0 saturated heterocycles. The molecule has 1 N–H and O–H groups in total. The van der Waals surface area contributed by atoms with E-state index in [0.29, 0.717) is 19.2 Å². The fourth-order valence-corrected chi connectivity index (χ4v) is 2.01. The van der Waals surface area contributed by atoms with Gasteiger partial charge >= 0.3 is 0 Å². The van der Waals surface area contributed by atoms with E-state index in [1.54, 1.807) is 7.11 Å². The highest BCUT2D eigenvalue weighted by molar-refractivity contribution is 5.45. The third-order valence-electron chi connectivity index (χ3n) is 3.16. The summed E-state index contributed by atoms with van der Waals surface area (Å²) in [5.41, 5.74) is 2.14. The molecule has 0 radical (unpaired) electrons. The number of rotatable bonds is 7. The van der Waals surface area contributed by atoms with Gasteiger partial charge in [-0.3, -0.25) is 4.68 Å². The smallest absolute Gasteiger partial charge is 0.161 e. The average Bonchev–Trinajstić information content (AvgIpc) is 2.95. The number of benzene rings is 1. The first-order valence-corrected chi connectivity index (χ1v) is 7.21. The molecule has 0 unspecified atom stereocenters. The van der Waals surface area contributed by atoms with E-state index in [2.05, 4.69) is 24.3 Å². The second kappa shape index (κ2) is 7.02. The Kier molecular flexibility index (Phi) is 5.09. The lowest BCUT2D eigenvalue weighted by Gasteiger charge is -2.11. The number of ether oxygens (including phenoxy) is 2. The molecule has 1 aromatic heterocycles. The third-order valence-corrected chi connectivity index (χ3v) is 3.16. The van der Waals surface area contributed by atoms with Crippen LogP contribution in [0.3, 0.4) is 0 Å². The highest BCUT2D eigenvalue weighted by Crippen LogP contribution is 2.28. The Labute approximate surface area is 125 Å². The summed E-state index contributed by atoms with van der Waals surface area (Å²) in [4.78, 5) is 0. The van der Waals surface area contributed by atoms with Gasteiger partial charge in [-0.05, 0) is 38.5 Å². The third kappa shape index (κ3) is 3.90. The van der Waals surface area contributed by atoms with Gasteiger partial charge in [-0.15, -0.1) is 0 Å². The summed E-state index contributed by atoms with van der Waals surface area (Å²) in [7, 11) is 1.65. The highest BCUT2D eigenvalue weighted by atomic mass is 16.5. The lowest BCUT2D eigenvalue weighted by atomic mass is 10.2. The molecular formula is C16H23N3O2. The van der Waals surface area contributed by atoms with E-state index in [0.717, 1.165) is 22.7 Å².